The van der Waals surface area contributed by atoms with Crippen molar-refractivity contribution in [3.63, 3.8) is 0 Å². The van der Waals surface area contributed by atoms with Crippen molar-refractivity contribution in [1.29, 1.82) is 0 Å². The third kappa shape index (κ3) is 2.14. The maximum atomic E-state index is 9.17. The maximum Gasteiger partial charge on any atom is 0.126 e. The Morgan fingerprint density at radius 2 is 2.25 bits per heavy atom. The van der Waals surface area contributed by atoms with Crippen molar-refractivity contribution < 1.29 is 9.84 Å². The zero-order valence-corrected chi connectivity index (χ0v) is 8.78. The molecule has 0 saturated heterocycles. The molecule has 0 radical (unpaired) electrons. The molecule has 0 heterocycles. The van der Waals surface area contributed by atoms with Crippen LogP contribution in [0.15, 0.2) is 22.3 Å². The Kier molecular flexibility index (Phi) is 3.40. The van der Waals surface area contributed by atoms with E-state index in [4.69, 9.17) is 9.84 Å². The van der Waals surface area contributed by atoms with E-state index in [0.29, 0.717) is 0 Å². The Labute approximate surface area is 85.0 Å². The Bertz CT molecular complexity index is 295. The molecule has 0 aliphatic heterocycles. The molecule has 3 heteroatoms. The average molecular weight is 276 g/mol. The van der Waals surface area contributed by atoms with Gasteiger partial charge in [0, 0.05) is 5.56 Å². The molecule has 0 bridgehead atoms. The van der Waals surface area contributed by atoms with Gasteiger partial charge in [-0.15, -0.1) is 0 Å². The van der Waals surface area contributed by atoms with Gasteiger partial charge in [0.1, 0.15) is 11.5 Å². The molecule has 0 aromatic heterocycles. The van der Waals surface area contributed by atoms with Crippen molar-refractivity contribution in [2.24, 2.45) is 0 Å². The first kappa shape index (κ1) is 9.38. The van der Waals surface area contributed by atoms with Gasteiger partial charge in [-0.2, -0.15) is 0 Å². The standard InChI is InChI=1S/C9H9IO2/c1-12-9-3-2-8(11)6-7(9)4-5-10/h2-6,11H,1H3/b5-4+. The van der Waals surface area contributed by atoms with Gasteiger partial charge in [0.05, 0.1) is 7.11 Å². The molecule has 1 aromatic carbocycles. The number of hydrogen-bond donors (Lipinski definition) is 1. The zero-order chi connectivity index (χ0) is 8.97. The second-order valence-electron chi connectivity index (χ2n) is 2.22. The SMILES string of the molecule is COc1ccc(O)cc1/C=C/I. The van der Waals surface area contributed by atoms with E-state index >= 15 is 0 Å². The lowest BCUT2D eigenvalue weighted by Crippen LogP contribution is -1.85. The second-order valence-corrected chi connectivity index (χ2v) is 2.94. The van der Waals surface area contributed by atoms with E-state index in [1.54, 1.807) is 25.3 Å². The van der Waals surface area contributed by atoms with E-state index in [2.05, 4.69) is 22.6 Å². The first-order valence-electron chi connectivity index (χ1n) is 3.41. The molecule has 0 spiro atoms. The first-order chi connectivity index (χ1) is 5.77. The maximum absolute atomic E-state index is 9.17. The summed E-state index contributed by atoms with van der Waals surface area (Å²) in [5.41, 5.74) is 0.881. The number of benzene rings is 1. The smallest absolute Gasteiger partial charge is 0.126 e. The molecule has 1 aromatic rings. The van der Waals surface area contributed by atoms with E-state index < -0.39 is 0 Å². The predicted molar refractivity (Wildman–Crippen MR) is 57.7 cm³/mol. The van der Waals surface area contributed by atoms with Crippen molar-refractivity contribution >= 4 is 28.7 Å². The van der Waals surface area contributed by atoms with Gasteiger partial charge in [0.25, 0.3) is 0 Å². The highest BCUT2D eigenvalue weighted by Gasteiger charge is 1.99. The predicted octanol–water partition coefficient (Wildman–Crippen LogP) is 2.81. The third-order valence-corrected chi connectivity index (χ3v) is 1.82. The van der Waals surface area contributed by atoms with Crippen molar-refractivity contribution in [2.75, 3.05) is 7.11 Å². The highest BCUT2D eigenvalue weighted by molar-refractivity contribution is 14.1. The number of rotatable bonds is 2. The number of methoxy groups -OCH3 is 1. The van der Waals surface area contributed by atoms with Crippen LogP contribution in [0.3, 0.4) is 0 Å². The summed E-state index contributed by atoms with van der Waals surface area (Å²) >= 11 is 2.12. The molecular formula is C9H9IO2. The minimum Gasteiger partial charge on any atom is -0.508 e. The van der Waals surface area contributed by atoms with E-state index in [-0.39, 0.29) is 5.75 Å². The van der Waals surface area contributed by atoms with Crippen LogP contribution in [-0.4, -0.2) is 12.2 Å². The zero-order valence-electron chi connectivity index (χ0n) is 6.62. The highest BCUT2D eigenvalue weighted by Crippen LogP contribution is 2.24. The minimum absolute atomic E-state index is 0.250. The van der Waals surface area contributed by atoms with Gasteiger partial charge in [-0.05, 0) is 28.4 Å². The van der Waals surface area contributed by atoms with Crippen molar-refractivity contribution in [3.8, 4) is 11.5 Å². The summed E-state index contributed by atoms with van der Waals surface area (Å²) in [6.07, 6.45) is 1.87. The summed E-state index contributed by atoms with van der Waals surface area (Å²) in [4.78, 5) is 0. The lowest BCUT2D eigenvalue weighted by atomic mass is 10.2. The summed E-state index contributed by atoms with van der Waals surface area (Å²) in [5, 5.41) is 9.17. The normalized spacial score (nSPS) is 10.5. The van der Waals surface area contributed by atoms with Gasteiger partial charge >= 0.3 is 0 Å². The molecular weight excluding hydrogens is 267 g/mol. The topological polar surface area (TPSA) is 29.5 Å². The van der Waals surface area contributed by atoms with Crippen LogP contribution in [0, 0.1) is 0 Å². The van der Waals surface area contributed by atoms with Gasteiger partial charge < -0.3 is 9.84 Å². The molecule has 2 nitrogen and oxygen atoms in total. The minimum atomic E-state index is 0.250. The first-order valence-corrected chi connectivity index (χ1v) is 4.66. The second kappa shape index (κ2) is 4.35. The van der Waals surface area contributed by atoms with Crippen LogP contribution in [0.25, 0.3) is 6.08 Å². The van der Waals surface area contributed by atoms with Gasteiger partial charge in [-0.3, -0.25) is 0 Å². The summed E-state index contributed by atoms with van der Waals surface area (Å²) in [6, 6.07) is 5.00. The Morgan fingerprint density at radius 3 is 2.83 bits per heavy atom. The van der Waals surface area contributed by atoms with E-state index in [0.717, 1.165) is 11.3 Å². The summed E-state index contributed by atoms with van der Waals surface area (Å²) in [6.45, 7) is 0. The Morgan fingerprint density at radius 1 is 1.50 bits per heavy atom. The number of halogens is 1. The molecule has 0 saturated carbocycles. The number of phenolic OH excluding ortho intramolecular Hbond substituents is 1. The van der Waals surface area contributed by atoms with Gasteiger partial charge in [0.15, 0.2) is 0 Å². The monoisotopic (exact) mass is 276 g/mol. The molecule has 1 rings (SSSR count). The summed E-state index contributed by atoms with van der Waals surface area (Å²) in [5.74, 6) is 1.01. The average Bonchev–Trinajstić information content (AvgIpc) is 2.05. The molecule has 64 valence electrons. The van der Waals surface area contributed by atoms with Gasteiger partial charge in [0.2, 0.25) is 0 Å². The summed E-state index contributed by atoms with van der Waals surface area (Å²) in [7, 11) is 1.61. The number of ether oxygens (including phenoxy) is 1. The Hall–Kier alpha value is -0.710. The number of hydrogen-bond acceptors (Lipinski definition) is 2. The van der Waals surface area contributed by atoms with Crippen molar-refractivity contribution in [3.05, 3.63) is 27.8 Å². The lowest BCUT2D eigenvalue weighted by molar-refractivity contribution is 0.411. The van der Waals surface area contributed by atoms with Crippen LogP contribution < -0.4 is 4.74 Å². The molecule has 0 amide bonds. The van der Waals surface area contributed by atoms with E-state index in [1.807, 2.05) is 10.2 Å². The van der Waals surface area contributed by atoms with E-state index in [1.165, 1.54) is 0 Å². The third-order valence-electron chi connectivity index (χ3n) is 1.46. The van der Waals surface area contributed by atoms with Crippen LogP contribution >= 0.6 is 22.6 Å². The van der Waals surface area contributed by atoms with Crippen molar-refractivity contribution in [2.45, 2.75) is 0 Å². The molecule has 12 heavy (non-hydrogen) atoms. The molecule has 1 N–H and O–H groups in total. The molecule has 0 unspecified atom stereocenters. The fourth-order valence-electron chi connectivity index (χ4n) is 0.920. The number of aromatic hydroxyl groups is 1. The van der Waals surface area contributed by atoms with Crippen LogP contribution in [0.4, 0.5) is 0 Å². The van der Waals surface area contributed by atoms with E-state index in [9.17, 15) is 0 Å². The van der Waals surface area contributed by atoms with Crippen LogP contribution in [-0.2, 0) is 0 Å². The lowest BCUT2D eigenvalue weighted by Gasteiger charge is -2.03. The largest absolute Gasteiger partial charge is 0.508 e. The quantitative estimate of drug-likeness (QED) is 0.842. The summed E-state index contributed by atoms with van der Waals surface area (Å²) < 4.78 is 6.96. The molecule has 0 fully saturated rings. The molecule has 0 aliphatic rings. The van der Waals surface area contributed by atoms with Crippen molar-refractivity contribution in [1.82, 2.24) is 0 Å². The van der Waals surface area contributed by atoms with Crippen LogP contribution in [0.1, 0.15) is 5.56 Å². The van der Waals surface area contributed by atoms with Gasteiger partial charge in [-0.1, -0.05) is 22.6 Å². The van der Waals surface area contributed by atoms with Crippen LogP contribution in [0.2, 0.25) is 0 Å². The van der Waals surface area contributed by atoms with Gasteiger partial charge in [-0.25, -0.2) is 0 Å². The number of phenols is 1. The highest BCUT2D eigenvalue weighted by atomic mass is 127. The fourth-order valence-corrected chi connectivity index (χ4v) is 1.31. The fraction of sp³-hybridized carbons (Fsp3) is 0.111. The van der Waals surface area contributed by atoms with Crippen LogP contribution in [0.5, 0.6) is 11.5 Å². The Balaban J connectivity index is 3.12. The molecule has 0 aliphatic carbocycles. The molecule has 0 atom stereocenters.